The Hall–Kier alpha value is -1.32. The number of nitrogens with one attached hydrogen (secondary N) is 1. The molecule has 1 N–H and O–H groups in total. The standard InChI is InChI=1S/C12H19N3O/c1-2-3-4-8-13-12(16)11-7-9-15(14-11)10-5-6-10/h7,9-10H,2-6,8H2,1H3,(H,13,16). The molecule has 1 aliphatic rings. The van der Waals surface area contributed by atoms with Crippen molar-refractivity contribution < 1.29 is 4.79 Å². The average Bonchev–Trinajstić information content (AvgIpc) is 3.02. The van der Waals surface area contributed by atoms with Gasteiger partial charge in [0, 0.05) is 12.7 Å². The van der Waals surface area contributed by atoms with Crippen molar-refractivity contribution in [1.29, 1.82) is 0 Å². The first-order valence-electron chi connectivity index (χ1n) is 6.14. The van der Waals surface area contributed by atoms with E-state index in [1.807, 2.05) is 10.9 Å². The molecule has 4 heteroatoms. The van der Waals surface area contributed by atoms with Crippen molar-refractivity contribution in [3.05, 3.63) is 18.0 Å². The zero-order valence-electron chi connectivity index (χ0n) is 9.78. The van der Waals surface area contributed by atoms with Gasteiger partial charge in [0.2, 0.25) is 0 Å². The lowest BCUT2D eigenvalue weighted by molar-refractivity contribution is 0.0947. The Labute approximate surface area is 96.0 Å². The molecule has 1 aromatic rings. The van der Waals surface area contributed by atoms with Crippen LogP contribution < -0.4 is 5.32 Å². The molecule has 0 saturated heterocycles. The molecule has 2 rings (SSSR count). The first-order chi connectivity index (χ1) is 7.81. The summed E-state index contributed by atoms with van der Waals surface area (Å²) >= 11 is 0. The van der Waals surface area contributed by atoms with Crippen molar-refractivity contribution >= 4 is 5.91 Å². The fraction of sp³-hybridized carbons (Fsp3) is 0.667. The summed E-state index contributed by atoms with van der Waals surface area (Å²) in [7, 11) is 0. The smallest absolute Gasteiger partial charge is 0.271 e. The lowest BCUT2D eigenvalue weighted by Crippen LogP contribution is -2.25. The quantitative estimate of drug-likeness (QED) is 0.748. The Morgan fingerprint density at radius 3 is 3.06 bits per heavy atom. The summed E-state index contributed by atoms with van der Waals surface area (Å²) in [6, 6.07) is 2.34. The van der Waals surface area contributed by atoms with Gasteiger partial charge in [-0.05, 0) is 25.3 Å². The van der Waals surface area contributed by atoms with Gasteiger partial charge in [-0.15, -0.1) is 0 Å². The van der Waals surface area contributed by atoms with Crippen LogP contribution in [0.3, 0.4) is 0 Å². The Balaban J connectivity index is 1.78. The van der Waals surface area contributed by atoms with Crippen LogP contribution in [0, 0.1) is 0 Å². The van der Waals surface area contributed by atoms with Crippen molar-refractivity contribution in [2.75, 3.05) is 6.54 Å². The molecule has 4 nitrogen and oxygen atoms in total. The Kier molecular flexibility index (Phi) is 3.59. The van der Waals surface area contributed by atoms with Gasteiger partial charge < -0.3 is 5.32 Å². The predicted molar refractivity (Wildman–Crippen MR) is 62.4 cm³/mol. The molecular weight excluding hydrogens is 202 g/mol. The minimum Gasteiger partial charge on any atom is -0.351 e. The molecular formula is C12H19N3O. The molecule has 0 radical (unpaired) electrons. The normalized spacial score (nSPS) is 15.1. The summed E-state index contributed by atoms with van der Waals surface area (Å²) in [6.07, 6.45) is 7.67. The summed E-state index contributed by atoms with van der Waals surface area (Å²) < 4.78 is 1.90. The van der Waals surface area contributed by atoms with Crippen LogP contribution in [0.5, 0.6) is 0 Å². The largest absolute Gasteiger partial charge is 0.351 e. The molecule has 0 unspecified atom stereocenters. The van der Waals surface area contributed by atoms with E-state index in [1.165, 1.54) is 19.3 Å². The van der Waals surface area contributed by atoms with Gasteiger partial charge in [-0.1, -0.05) is 19.8 Å². The summed E-state index contributed by atoms with van der Waals surface area (Å²) in [5.41, 5.74) is 0.545. The second-order valence-corrected chi connectivity index (χ2v) is 4.38. The van der Waals surface area contributed by atoms with Crippen LogP contribution in [-0.2, 0) is 0 Å². The molecule has 0 spiro atoms. The number of nitrogens with zero attached hydrogens (tertiary/aromatic N) is 2. The van der Waals surface area contributed by atoms with Gasteiger partial charge in [-0.2, -0.15) is 5.10 Å². The maximum absolute atomic E-state index is 11.7. The molecule has 0 aromatic carbocycles. The first kappa shape index (κ1) is 11.2. The van der Waals surface area contributed by atoms with E-state index >= 15 is 0 Å². The molecule has 1 aromatic heterocycles. The number of rotatable bonds is 6. The van der Waals surface area contributed by atoms with Crippen molar-refractivity contribution in [3.8, 4) is 0 Å². The highest BCUT2D eigenvalue weighted by atomic mass is 16.1. The second kappa shape index (κ2) is 5.14. The molecule has 0 atom stereocenters. The molecule has 1 fully saturated rings. The number of aromatic nitrogens is 2. The maximum atomic E-state index is 11.7. The molecule has 0 aliphatic heterocycles. The fourth-order valence-corrected chi connectivity index (χ4v) is 1.67. The number of carbonyl (C=O) groups excluding carboxylic acids is 1. The lowest BCUT2D eigenvalue weighted by Gasteiger charge is -2.01. The third-order valence-electron chi connectivity index (χ3n) is 2.83. The molecule has 1 aliphatic carbocycles. The van der Waals surface area contributed by atoms with E-state index in [0.717, 1.165) is 19.4 Å². The first-order valence-corrected chi connectivity index (χ1v) is 6.14. The van der Waals surface area contributed by atoms with E-state index in [-0.39, 0.29) is 5.91 Å². The maximum Gasteiger partial charge on any atom is 0.271 e. The van der Waals surface area contributed by atoms with Gasteiger partial charge in [0.05, 0.1) is 6.04 Å². The molecule has 0 bridgehead atoms. The topological polar surface area (TPSA) is 46.9 Å². The zero-order chi connectivity index (χ0) is 11.4. The number of hydrogen-bond donors (Lipinski definition) is 1. The third-order valence-corrected chi connectivity index (χ3v) is 2.83. The number of unbranched alkanes of at least 4 members (excludes halogenated alkanes) is 2. The summed E-state index contributed by atoms with van der Waals surface area (Å²) in [5, 5.41) is 7.17. The van der Waals surface area contributed by atoms with Crippen LogP contribution in [0.2, 0.25) is 0 Å². The van der Waals surface area contributed by atoms with Gasteiger partial charge in [0.25, 0.3) is 5.91 Å². The van der Waals surface area contributed by atoms with Gasteiger partial charge in [0.15, 0.2) is 0 Å². The van der Waals surface area contributed by atoms with Crippen LogP contribution in [0.25, 0.3) is 0 Å². The number of carbonyl (C=O) groups is 1. The highest BCUT2D eigenvalue weighted by Crippen LogP contribution is 2.33. The van der Waals surface area contributed by atoms with Crippen molar-refractivity contribution in [3.63, 3.8) is 0 Å². The summed E-state index contributed by atoms with van der Waals surface area (Å²) in [4.78, 5) is 11.7. The predicted octanol–water partition coefficient (Wildman–Crippen LogP) is 2.14. The van der Waals surface area contributed by atoms with Gasteiger partial charge >= 0.3 is 0 Å². The summed E-state index contributed by atoms with van der Waals surface area (Å²) in [6.45, 7) is 2.90. The fourth-order valence-electron chi connectivity index (χ4n) is 1.67. The molecule has 1 saturated carbocycles. The average molecular weight is 221 g/mol. The van der Waals surface area contributed by atoms with Crippen LogP contribution in [-0.4, -0.2) is 22.2 Å². The van der Waals surface area contributed by atoms with E-state index in [1.54, 1.807) is 6.07 Å². The minimum absolute atomic E-state index is 0.0458. The monoisotopic (exact) mass is 221 g/mol. The van der Waals surface area contributed by atoms with Crippen LogP contribution >= 0.6 is 0 Å². The van der Waals surface area contributed by atoms with Crippen molar-refractivity contribution in [1.82, 2.24) is 15.1 Å². The molecule has 1 heterocycles. The number of amides is 1. The van der Waals surface area contributed by atoms with E-state index in [9.17, 15) is 4.79 Å². The van der Waals surface area contributed by atoms with Crippen molar-refractivity contribution in [2.24, 2.45) is 0 Å². The second-order valence-electron chi connectivity index (χ2n) is 4.38. The van der Waals surface area contributed by atoms with Crippen molar-refractivity contribution in [2.45, 2.75) is 45.1 Å². The van der Waals surface area contributed by atoms with E-state index in [4.69, 9.17) is 0 Å². The Bertz CT molecular complexity index is 355. The van der Waals surface area contributed by atoms with Crippen LogP contribution in [0.4, 0.5) is 0 Å². The highest BCUT2D eigenvalue weighted by Gasteiger charge is 2.24. The highest BCUT2D eigenvalue weighted by molar-refractivity contribution is 5.92. The lowest BCUT2D eigenvalue weighted by atomic mass is 10.2. The van der Waals surface area contributed by atoms with Gasteiger partial charge in [0.1, 0.15) is 5.69 Å². The third kappa shape index (κ3) is 2.84. The number of hydrogen-bond acceptors (Lipinski definition) is 2. The Morgan fingerprint density at radius 1 is 1.56 bits per heavy atom. The van der Waals surface area contributed by atoms with E-state index < -0.39 is 0 Å². The molecule has 1 amide bonds. The van der Waals surface area contributed by atoms with Gasteiger partial charge in [-0.25, -0.2) is 0 Å². The van der Waals surface area contributed by atoms with Crippen LogP contribution in [0.15, 0.2) is 12.3 Å². The van der Waals surface area contributed by atoms with Gasteiger partial charge in [-0.3, -0.25) is 9.48 Å². The molecule has 16 heavy (non-hydrogen) atoms. The SMILES string of the molecule is CCCCCNC(=O)c1ccn(C2CC2)n1. The Morgan fingerprint density at radius 2 is 2.38 bits per heavy atom. The van der Waals surface area contributed by atoms with E-state index in [2.05, 4.69) is 17.3 Å². The minimum atomic E-state index is -0.0458. The zero-order valence-corrected chi connectivity index (χ0v) is 9.78. The van der Waals surface area contributed by atoms with Crippen LogP contribution in [0.1, 0.15) is 55.6 Å². The summed E-state index contributed by atoms with van der Waals surface area (Å²) in [5.74, 6) is -0.0458. The van der Waals surface area contributed by atoms with E-state index in [0.29, 0.717) is 11.7 Å². The molecule has 88 valence electrons.